The van der Waals surface area contributed by atoms with Gasteiger partial charge in [-0.3, -0.25) is 4.79 Å². The number of carbonyl (C=O) groups is 1. The maximum Gasteiger partial charge on any atom is 0.235 e. The Bertz CT molecular complexity index is 390. The summed E-state index contributed by atoms with van der Waals surface area (Å²) < 4.78 is 26.1. The molecule has 0 spiro atoms. The first-order valence-electron chi connectivity index (χ1n) is 6.04. The highest BCUT2D eigenvalue weighted by Gasteiger charge is 2.40. The van der Waals surface area contributed by atoms with Gasteiger partial charge in [0.1, 0.15) is 6.04 Å². The largest absolute Gasteiger partial charge is 0.368 e. The van der Waals surface area contributed by atoms with Crippen molar-refractivity contribution in [2.24, 2.45) is 5.73 Å². The lowest BCUT2D eigenvalue weighted by Crippen LogP contribution is -2.53. The molecule has 0 aromatic carbocycles. The summed E-state index contributed by atoms with van der Waals surface area (Å²) in [5.74, 6) is -0.528. The van der Waals surface area contributed by atoms with Crippen LogP contribution in [-0.4, -0.2) is 49.6 Å². The second-order valence-electron chi connectivity index (χ2n) is 4.68. The number of rotatable bonds is 3. The first kappa shape index (κ1) is 12.8. The summed E-state index contributed by atoms with van der Waals surface area (Å²) in [5, 5.41) is 2.64. The van der Waals surface area contributed by atoms with Crippen molar-refractivity contribution in [1.29, 1.82) is 0 Å². The minimum Gasteiger partial charge on any atom is -0.368 e. The zero-order chi connectivity index (χ0) is 12.5. The Labute approximate surface area is 102 Å². The third kappa shape index (κ3) is 2.46. The highest BCUT2D eigenvalue weighted by atomic mass is 32.2. The highest BCUT2D eigenvalue weighted by Crippen LogP contribution is 2.24. The predicted molar refractivity (Wildman–Crippen MR) is 63.7 cm³/mol. The Morgan fingerprint density at radius 2 is 2.06 bits per heavy atom. The van der Waals surface area contributed by atoms with Gasteiger partial charge in [-0.25, -0.2) is 8.42 Å². The monoisotopic (exact) mass is 261 g/mol. The molecule has 2 aliphatic heterocycles. The molecule has 98 valence electrons. The molecule has 3 N–H and O–H groups in total. The van der Waals surface area contributed by atoms with E-state index in [-0.39, 0.29) is 0 Å². The van der Waals surface area contributed by atoms with Crippen LogP contribution in [0.4, 0.5) is 0 Å². The van der Waals surface area contributed by atoms with Gasteiger partial charge in [0.2, 0.25) is 15.9 Å². The summed E-state index contributed by atoms with van der Waals surface area (Å²) in [6.07, 6.45) is 2.84. The van der Waals surface area contributed by atoms with Crippen LogP contribution in [0.5, 0.6) is 0 Å². The SMILES string of the molecule is NC(=O)C1CCCCN1S(=O)(=O)C1CCNC1. The van der Waals surface area contributed by atoms with Crippen molar-refractivity contribution in [1.82, 2.24) is 9.62 Å². The zero-order valence-electron chi connectivity index (χ0n) is 9.76. The molecular formula is C10H19N3O3S. The molecule has 2 rings (SSSR count). The first-order chi connectivity index (χ1) is 8.03. The molecule has 0 saturated carbocycles. The smallest absolute Gasteiger partial charge is 0.235 e. The number of piperidine rings is 1. The number of amides is 1. The van der Waals surface area contributed by atoms with E-state index in [9.17, 15) is 13.2 Å². The maximum absolute atomic E-state index is 12.4. The number of carbonyl (C=O) groups excluding carboxylic acids is 1. The lowest BCUT2D eigenvalue weighted by molar-refractivity contribution is -0.122. The molecule has 0 bridgehead atoms. The predicted octanol–water partition coefficient (Wildman–Crippen LogP) is -0.982. The van der Waals surface area contributed by atoms with Crippen LogP contribution >= 0.6 is 0 Å². The average Bonchev–Trinajstić information content (AvgIpc) is 2.83. The van der Waals surface area contributed by atoms with E-state index in [4.69, 9.17) is 5.73 Å². The van der Waals surface area contributed by atoms with Gasteiger partial charge in [0.05, 0.1) is 5.25 Å². The van der Waals surface area contributed by atoms with E-state index in [0.717, 1.165) is 19.4 Å². The Morgan fingerprint density at radius 1 is 1.29 bits per heavy atom. The fourth-order valence-corrected chi connectivity index (χ4v) is 4.64. The van der Waals surface area contributed by atoms with Crippen LogP contribution in [0.3, 0.4) is 0 Å². The maximum atomic E-state index is 12.4. The number of primary amides is 1. The van der Waals surface area contributed by atoms with E-state index in [0.29, 0.717) is 25.9 Å². The van der Waals surface area contributed by atoms with Gasteiger partial charge in [0.25, 0.3) is 0 Å². The lowest BCUT2D eigenvalue weighted by Gasteiger charge is -2.34. The fourth-order valence-electron chi connectivity index (χ4n) is 2.57. The number of nitrogens with one attached hydrogen (secondary N) is 1. The van der Waals surface area contributed by atoms with Crippen molar-refractivity contribution < 1.29 is 13.2 Å². The van der Waals surface area contributed by atoms with Crippen LogP contribution in [0.2, 0.25) is 0 Å². The molecule has 0 aliphatic carbocycles. The van der Waals surface area contributed by atoms with Gasteiger partial charge < -0.3 is 11.1 Å². The summed E-state index contributed by atoms with van der Waals surface area (Å²) in [6, 6.07) is -0.644. The summed E-state index contributed by atoms with van der Waals surface area (Å²) in [7, 11) is -3.39. The molecular weight excluding hydrogens is 242 g/mol. The molecule has 2 heterocycles. The number of hydrogen-bond acceptors (Lipinski definition) is 4. The first-order valence-corrected chi connectivity index (χ1v) is 7.54. The van der Waals surface area contributed by atoms with Crippen LogP contribution < -0.4 is 11.1 Å². The number of nitrogens with zero attached hydrogens (tertiary/aromatic N) is 1. The molecule has 0 radical (unpaired) electrons. The minimum atomic E-state index is -3.39. The lowest BCUT2D eigenvalue weighted by atomic mass is 10.0. The summed E-state index contributed by atoms with van der Waals surface area (Å²) in [6.45, 7) is 1.62. The van der Waals surface area contributed by atoms with Gasteiger partial charge in [0.15, 0.2) is 0 Å². The Hall–Kier alpha value is -0.660. The second kappa shape index (κ2) is 4.91. The van der Waals surface area contributed by atoms with Crippen LogP contribution in [-0.2, 0) is 14.8 Å². The second-order valence-corrected chi connectivity index (χ2v) is 6.85. The molecule has 17 heavy (non-hydrogen) atoms. The van der Waals surface area contributed by atoms with Crippen LogP contribution in [0.25, 0.3) is 0 Å². The quantitative estimate of drug-likeness (QED) is 0.683. The molecule has 0 aromatic rings. The summed E-state index contributed by atoms with van der Waals surface area (Å²) in [4.78, 5) is 11.3. The fraction of sp³-hybridized carbons (Fsp3) is 0.900. The van der Waals surface area contributed by atoms with Crippen LogP contribution in [0.1, 0.15) is 25.7 Å². The molecule has 2 fully saturated rings. The van der Waals surface area contributed by atoms with Crippen molar-refractivity contribution in [3.63, 3.8) is 0 Å². The minimum absolute atomic E-state index is 0.401. The standard InChI is InChI=1S/C10H19N3O3S/c11-10(14)9-3-1-2-6-13(9)17(15,16)8-4-5-12-7-8/h8-9,12H,1-7H2,(H2,11,14). The van der Waals surface area contributed by atoms with Crippen LogP contribution in [0.15, 0.2) is 0 Å². The van der Waals surface area contributed by atoms with Crippen LogP contribution in [0, 0.1) is 0 Å². The summed E-state index contributed by atoms with van der Waals surface area (Å²) >= 11 is 0. The normalized spacial score (nSPS) is 31.5. The van der Waals surface area contributed by atoms with Crippen molar-refractivity contribution >= 4 is 15.9 Å². The number of nitrogens with two attached hydrogens (primary N) is 1. The van der Waals surface area contributed by atoms with E-state index in [1.54, 1.807) is 0 Å². The highest BCUT2D eigenvalue weighted by molar-refractivity contribution is 7.89. The topological polar surface area (TPSA) is 92.5 Å². The summed E-state index contributed by atoms with van der Waals surface area (Å²) in [5.41, 5.74) is 5.29. The van der Waals surface area contributed by atoms with Gasteiger partial charge in [-0.2, -0.15) is 4.31 Å². The van der Waals surface area contributed by atoms with Gasteiger partial charge in [-0.15, -0.1) is 0 Å². The van der Waals surface area contributed by atoms with Gasteiger partial charge >= 0.3 is 0 Å². The molecule has 2 saturated heterocycles. The molecule has 6 nitrogen and oxygen atoms in total. The molecule has 7 heteroatoms. The van der Waals surface area contributed by atoms with Gasteiger partial charge in [-0.05, 0) is 25.8 Å². The third-order valence-corrected chi connectivity index (χ3v) is 5.88. The van der Waals surface area contributed by atoms with E-state index in [1.807, 2.05) is 0 Å². The Balaban J connectivity index is 2.20. The molecule has 2 atom stereocenters. The molecule has 1 amide bonds. The Kier molecular flexibility index (Phi) is 3.70. The van der Waals surface area contributed by atoms with Crippen molar-refractivity contribution in [2.45, 2.75) is 37.0 Å². The van der Waals surface area contributed by atoms with Gasteiger partial charge in [-0.1, -0.05) is 6.42 Å². The van der Waals surface area contributed by atoms with E-state index >= 15 is 0 Å². The molecule has 0 aromatic heterocycles. The molecule has 2 unspecified atom stereocenters. The van der Waals surface area contributed by atoms with Gasteiger partial charge in [0, 0.05) is 13.1 Å². The van der Waals surface area contributed by atoms with Crippen molar-refractivity contribution in [2.75, 3.05) is 19.6 Å². The third-order valence-electron chi connectivity index (χ3n) is 3.55. The number of sulfonamides is 1. The van der Waals surface area contributed by atoms with Crippen molar-refractivity contribution in [3.8, 4) is 0 Å². The molecule has 2 aliphatic rings. The Morgan fingerprint density at radius 3 is 2.65 bits per heavy atom. The van der Waals surface area contributed by atoms with Crippen molar-refractivity contribution in [3.05, 3.63) is 0 Å². The zero-order valence-corrected chi connectivity index (χ0v) is 10.6. The number of hydrogen-bond donors (Lipinski definition) is 2. The van der Waals surface area contributed by atoms with E-state index < -0.39 is 27.2 Å². The average molecular weight is 261 g/mol. The van der Waals surface area contributed by atoms with E-state index in [2.05, 4.69) is 5.32 Å². The van der Waals surface area contributed by atoms with E-state index in [1.165, 1.54) is 4.31 Å².